The summed E-state index contributed by atoms with van der Waals surface area (Å²) in [6.45, 7) is 0.404. The van der Waals surface area contributed by atoms with Gasteiger partial charge in [-0.25, -0.2) is 0 Å². The molecule has 2 amide bonds. The minimum atomic E-state index is -0.522. The number of carbonyl (C=O) groups is 2. The van der Waals surface area contributed by atoms with Gasteiger partial charge in [0.25, 0.3) is 11.8 Å². The minimum absolute atomic E-state index is 0.00565. The number of amides is 2. The van der Waals surface area contributed by atoms with Gasteiger partial charge >= 0.3 is 0 Å². The zero-order valence-electron chi connectivity index (χ0n) is 14.9. The van der Waals surface area contributed by atoms with Gasteiger partial charge in [0.05, 0.1) is 7.11 Å². The van der Waals surface area contributed by atoms with Crippen LogP contribution in [0.3, 0.4) is 0 Å². The first kappa shape index (κ1) is 18.6. The van der Waals surface area contributed by atoms with E-state index in [2.05, 4.69) is 5.32 Å². The summed E-state index contributed by atoms with van der Waals surface area (Å²) in [5.74, 6) is 0.104. The fraction of sp³-hybridized carbons (Fsp3) is 0.150. The number of ether oxygens (including phenoxy) is 2. The highest BCUT2D eigenvalue weighted by molar-refractivity contribution is 7.80. The molecular weight excluding hydrogens is 364 g/mol. The quantitative estimate of drug-likeness (QED) is 0.489. The summed E-state index contributed by atoms with van der Waals surface area (Å²) in [6.07, 6.45) is 1.50. The van der Waals surface area contributed by atoms with E-state index in [9.17, 15) is 9.59 Å². The standard InChI is InChI=1S/C20H18N2O4S/c1-22-19(24)15(18(23)21-20(22)27)10-14-8-9-16(17(11-14)25-2)26-12-13-6-4-3-5-7-13/h3-11H,12H2,1-2H3,(H,21,23,27)/b15-10+. The van der Waals surface area contributed by atoms with Crippen molar-refractivity contribution in [2.45, 2.75) is 6.61 Å². The van der Waals surface area contributed by atoms with Crippen molar-refractivity contribution >= 4 is 35.2 Å². The molecule has 138 valence electrons. The number of rotatable bonds is 5. The van der Waals surface area contributed by atoms with Crippen LogP contribution in [0.5, 0.6) is 11.5 Å². The molecule has 7 heteroatoms. The van der Waals surface area contributed by atoms with Crippen molar-refractivity contribution in [3.8, 4) is 11.5 Å². The van der Waals surface area contributed by atoms with E-state index in [4.69, 9.17) is 21.7 Å². The van der Waals surface area contributed by atoms with Gasteiger partial charge in [-0.2, -0.15) is 0 Å². The molecule has 0 aliphatic carbocycles. The number of benzene rings is 2. The highest BCUT2D eigenvalue weighted by Crippen LogP contribution is 2.30. The van der Waals surface area contributed by atoms with E-state index in [0.29, 0.717) is 23.7 Å². The summed E-state index contributed by atoms with van der Waals surface area (Å²) < 4.78 is 11.2. The van der Waals surface area contributed by atoms with Crippen molar-refractivity contribution in [1.82, 2.24) is 10.2 Å². The Morgan fingerprint density at radius 3 is 2.56 bits per heavy atom. The molecule has 1 fully saturated rings. The molecule has 2 aromatic carbocycles. The van der Waals surface area contributed by atoms with E-state index < -0.39 is 11.8 Å². The lowest BCUT2D eigenvalue weighted by Crippen LogP contribution is -2.52. The number of hydrogen-bond donors (Lipinski definition) is 1. The van der Waals surface area contributed by atoms with Crippen LogP contribution in [0.15, 0.2) is 54.1 Å². The van der Waals surface area contributed by atoms with Gasteiger partial charge in [-0.15, -0.1) is 0 Å². The molecule has 0 radical (unpaired) electrons. The Balaban J connectivity index is 1.82. The fourth-order valence-electron chi connectivity index (χ4n) is 2.54. The Morgan fingerprint density at radius 2 is 1.85 bits per heavy atom. The normalized spacial score (nSPS) is 15.7. The third kappa shape index (κ3) is 4.15. The highest BCUT2D eigenvalue weighted by Gasteiger charge is 2.30. The maximum Gasteiger partial charge on any atom is 0.265 e. The van der Waals surface area contributed by atoms with Crippen LogP contribution < -0.4 is 14.8 Å². The number of thiocarbonyl (C=S) groups is 1. The second kappa shape index (κ2) is 8.01. The van der Waals surface area contributed by atoms with E-state index in [1.165, 1.54) is 25.1 Å². The Morgan fingerprint density at radius 1 is 1.11 bits per heavy atom. The molecule has 6 nitrogen and oxygen atoms in total. The van der Waals surface area contributed by atoms with Crippen LogP contribution >= 0.6 is 12.2 Å². The molecular formula is C20H18N2O4S. The molecule has 1 aliphatic rings. The van der Waals surface area contributed by atoms with Gasteiger partial charge in [-0.05, 0) is 41.6 Å². The average Bonchev–Trinajstić information content (AvgIpc) is 2.69. The summed E-state index contributed by atoms with van der Waals surface area (Å²) in [5, 5.41) is 2.57. The monoisotopic (exact) mass is 382 g/mol. The van der Waals surface area contributed by atoms with Crippen molar-refractivity contribution in [1.29, 1.82) is 0 Å². The van der Waals surface area contributed by atoms with Crippen LogP contribution in [-0.4, -0.2) is 36.0 Å². The summed E-state index contributed by atoms with van der Waals surface area (Å²) in [6, 6.07) is 15.0. The Bertz CT molecular complexity index is 925. The topological polar surface area (TPSA) is 67.9 Å². The van der Waals surface area contributed by atoms with E-state index in [0.717, 1.165) is 5.56 Å². The molecule has 0 saturated carbocycles. The van der Waals surface area contributed by atoms with Gasteiger partial charge in [0.2, 0.25) is 0 Å². The molecule has 2 aromatic rings. The van der Waals surface area contributed by atoms with Crippen LogP contribution in [0.1, 0.15) is 11.1 Å². The van der Waals surface area contributed by atoms with Crippen molar-refractivity contribution in [3.63, 3.8) is 0 Å². The second-order valence-electron chi connectivity index (χ2n) is 5.87. The first-order chi connectivity index (χ1) is 13.0. The van der Waals surface area contributed by atoms with Gasteiger partial charge in [0.1, 0.15) is 12.2 Å². The molecule has 3 rings (SSSR count). The summed E-state index contributed by atoms with van der Waals surface area (Å²) in [4.78, 5) is 25.6. The third-order valence-electron chi connectivity index (χ3n) is 4.04. The van der Waals surface area contributed by atoms with E-state index in [-0.39, 0.29) is 10.7 Å². The molecule has 1 N–H and O–H groups in total. The molecule has 0 spiro atoms. The maximum absolute atomic E-state index is 12.3. The van der Waals surface area contributed by atoms with Gasteiger partial charge in [-0.3, -0.25) is 19.8 Å². The summed E-state index contributed by atoms with van der Waals surface area (Å²) >= 11 is 4.94. The van der Waals surface area contributed by atoms with E-state index in [1.807, 2.05) is 30.3 Å². The Kier molecular flexibility index (Phi) is 5.52. The second-order valence-corrected chi connectivity index (χ2v) is 6.25. The molecule has 0 aromatic heterocycles. The first-order valence-corrected chi connectivity index (χ1v) is 8.60. The van der Waals surface area contributed by atoms with Crippen LogP contribution in [0.2, 0.25) is 0 Å². The van der Waals surface area contributed by atoms with E-state index >= 15 is 0 Å². The number of likely N-dealkylation sites (N-methyl/N-ethyl adjacent to an activating group) is 1. The van der Waals surface area contributed by atoms with Crippen LogP contribution in [0.4, 0.5) is 0 Å². The lowest BCUT2D eigenvalue weighted by Gasteiger charge is -2.25. The number of carbonyl (C=O) groups excluding carboxylic acids is 2. The molecule has 1 heterocycles. The number of nitrogens with one attached hydrogen (secondary N) is 1. The molecule has 0 atom stereocenters. The van der Waals surface area contributed by atoms with Crippen LogP contribution in [-0.2, 0) is 16.2 Å². The highest BCUT2D eigenvalue weighted by atomic mass is 32.1. The fourth-order valence-corrected chi connectivity index (χ4v) is 2.72. The van der Waals surface area contributed by atoms with E-state index in [1.54, 1.807) is 18.2 Å². The number of hydrogen-bond acceptors (Lipinski definition) is 5. The summed E-state index contributed by atoms with van der Waals surface area (Å²) in [7, 11) is 3.05. The average molecular weight is 382 g/mol. The lowest BCUT2D eigenvalue weighted by molar-refractivity contribution is -0.128. The largest absolute Gasteiger partial charge is 0.493 e. The first-order valence-electron chi connectivity index (χ1n) is 8.19. The molecule has 27 heavy (non-hydrogen) atoms. The van der Waals surface area contributed by atoms with Crippen LogP contribution in [0, 0.1) is 0 Å². The zero-order valence-corrected chi connectivity index (χ0v) is 15.7. The lowest BCUT2D eigenvalue weighted by atomic mass is 10.1. The van der Waals surface area contributed by atoms with Crippen molar-refractivity contribution in [3.05, 3.63) is 65.2 Å². The zero-order chi connectivity index (χ0) is 19.4. The Labute approximate surface area is 162 Å². The Hall–Kier alpha value is -3.19. The molecule has 0 unspecified atom stereocenters. The number of nitrogens with zero attached hydrogens (tertiary/aromatic N) is 1. The maximum atomic E-state index is 12.3. The summed E-state index contributed by atoms with van der Waals surface area (Å²) in [5.41, 5.74) is 1.68. The predicted octanol–water partition coefficient (Wildman–Crippen LogP) is 2.53. The number of methoxy groups -OCH3 is 1. The molecule has 0 bridgehead atoms. The molecule has 1 saturated heterocycles. The van der Waals surface area contributed by atoms with Gasteiger partial charge in [-0.1, -0.05) is 36.4 Å². The third-order valence-corrected chi connectivity index (χ3v) is 4.42. The van der Waals surface area contributed by atoms with Crippen molar-refractivity contribution < 1.29 is 19.1 Å². The molecule has 1 aliphatic heterocycles. The van der Waals surface area contributed by atoms with Crippen molar-refractivity contribution in [2.24, 2.45) is 0 Å². The minimum Gasteiger partial charge on any atom is -0.493 e. The predicted molar refractivity (Wildman–Crippen MR) is 105 cm³/mol. The SMILES string of the molecule is COc1cc(/C=C2\C(=O)NC(=S)N(C)C2=O)ccc1OCc1ccccc1. The van der Waals surface area contributed by atoms with Crippen LogP contribution in [0.25, 0.3) is 6.08 Å². The smallest absolute Gasteiger partial charge is 0.265 e. The van der Waals surface area contributed by atoms with Gasteiger partial charge in [0.15, 0.2) is 16.6 Å². The van der Waals surface area contributed by atoms with Gasteiger partial charge < -0.3 is 9.47 Å². The van der Waals surface area contributed by atoms with Crippen molar-refractivity contribution in [2.75, 3.05) is 14.2 Å². The van der Waals surface area contributed by atoms with Gasteiger partial charge in [0, 0.05) is 7.05 Å².